The molecule has 1 aromatic carbocycles. The fourth-order valence-electron chi connectivity index (χ4n) is 3.45. The number of nitrogens with one attached hydrogen (secondary N) is 1. The van der Waals surface area contributed by atoms with Gasteiger partial charge in [0.25, 0.3) is 0 Å². The molecule has 0 spiro atoms. The van der Waals surface area contributed by atoms with Crippen molar-refractivity contribution in [2.24, 2.45) is 0 Å². The van der Waals surface area contributed by atoms with Crippen LogP contribution in [0.25, 0.3) is 0 Å². The minimum Gasteiger partial charge on any atom is -0.309 e. The first kappa shape index (κ1) is 17.8. The van der Waals surface area contributed by atoms with Gasteiger partial charge in [0.05, 0.1) is 12.2 Å². The summed E-state index contributed by atoms with van der Waals surface area (Å²) in [7, 11) is 0. The number of hydrogen-bond donors (Lipinski definition) is 1. The lowest BCUT2D eigenvalue weighted by atomic mass is 10.0. The Bertz CT molecular complexity index is 709. The molecule has 0 bridgehead atoms. The molecule has 1 N–H and O–H groups in total. The van der Waals surface area contributed by atoms with Crippen molar-refractivity contribution in [1.29, 1.82) is 0 Å². The zero-order valence-electron chi connectivity index (χ0n) is 14.9. The molecule has 0 amide bonds. The van der Waals surface area contributed by atoms with Crippen molar-refractivity contribution in [3.05, 3.63) is 65.8 Å². The van der Waals surface area contributed by atoms with E-state index in [0.717, 1.165) is 50.3 Å². The Morgan fingerprint density at radius 1 is 1.36 bits per heavy atom. The number of allylic oxidation sites excluding steroid dienone is 1. The second kappa shape index (κ2) is 8.41. The summed E-state index contributed by atoms with van der Waals surface area (Å²) in [5, 5.41) is 8.15. The summed E-state index contributed by atoms with van der Waals surface area (Å²) in [4.78, 5) is 2.34. The van der Waals surface area contributed by atoms with Crippen LogP contribution in [-0.2, 0) is 19.6 Å². The highest BCUT2D eigenvalue weighted by atomic mass is 19.1. The molecule has 0 radical (unpaired) electrons. The highest BCUT2D eigenvalue weighted by Gasteiger charge is 2.20. The molecule has 0 unspecified atom stereocenters. The number of aromatic nitrogens is 2. The number of nitrogens with zero attached hydrogens (tertiary/aromatic N) is 3. The van der Waals surface area contributed by atoms with E-state index in [-0.39, 0.29) is 5.82 Å². The molecule has 1 fully saturated rings. The molecule has 25 heavy (non-hydrogen) atoms. The van der Waals surface area contributed by atoms with Crippen molar-refractivity contribution in [1.82, 2.24) is 20.0 Å². The first-order valence-corrected chi connectivity index (χ1v) is 8.98. The van der Waals surface area contributed by atoms with E-state index in [0.29, 0.717) is 12.6 Å². The Balaban J connectivity index is 1.53. The van der Waals surface area contributed by atoms with Crippen LogP contribution in [0, 0.1) is 12.7 Å². The summed E-state index contributed by atoms with van der Waals surface area (Å²) in [5.74, 6) is -0.108. The van der Waals surface area contributed by atoms with Crippen molar-refractivity contribution in [3.63, 3.8) is 0 Å². The standard InChI is InChI=1S/C20H27FN4/c1-3-10-25-14-18(16(2)23-25)12-22-19-8-6-11-24(15-19)13-17-7-4-5-9-20(17)21/h3-5,7,9,14,19,22H,1,6,8,10-13,15H2,2H3/t19-/m1/s1. The number of hydrogen-bond acceptors (Lipinski definition) is 3. The molecule has 2 aromatic rings. The van der Waals surface area contributed by atoms with Crippen LogP contribution in [0.1, 0.15) is 29.7 Å². The van der Waals surface area contributed by atoms with Crippen LogP contribution in [0.4, 0.5) is 4.39 Å². The topological polar surface area (TPSA) is 33.1 Å². The number of aryl methyl sites for hydroxylation is 1. The fraction of sp³-hybridized carbons (Fsp3) is 0.450. The van der Waals surface area contributed by atoms with Crippen LogP contribution in [0.5, 0.6) is 0 Å². The molecule has 1 aliphatic heterocycles. The molecule has 134 valence electrons. The van der Waals surface area contributed by atoms with Crippen molar-refractivity contribution in [2.45, 2.75) is 45.4 Å². The zero-order valence-corrected chi connectivity index (χ0v) is 14.9. The van der Waals surface area contributed by atoms with Crippen molar-refractivity contribution in [3.8, 4) is 0 Å². The molecular formula is C20H27FN4. The van der Waals surface area contributed by atoms with Gasteiger partial charge in [0.15, 0.2) is 0 Å². The maximum Gasteiger partial charge on any atom is 0.127 e. The minimum absolute atomic E-state index is 0.108. The molecule has 1 saturated heterocycles. The quantitative estimate of drug-likeness (QED) is 0.784. The van der Waals surface area contributed by atoms with Crippen LogP contribution >= 0.6 is 0 Å². The Morgan fingerprint density at radius 2 is 2.20 bits per heavy atom. The Labute approximate surface area is 149 Å². The van der Waals surface area contributed by atoms with E-state index < -0.39 is 0 Å². The summed E-state index contributed by atoms with van der Waals surface area (Å²) < 4.78 is 15.8. The largest absolute Gasteiger partial charge is 0.309 e. The van der Waals surface area contributed by atoms with Gasteiger partial charge in [-0.2, -0.15) is 5.10 Å². The third kappa shape index (κ3) is 4.77. The monoisotopic (exact) mass is 342 g/mol. The lowest BCUT2D eigenvalue weighted by molar-refractivity contribution is 0.181. The van der Waals surface area contributed by atoms with E-state index in [2.05, 4.69) is 28.1 Å². The molecule has 0 saturated carbocycles. The predicted molar refractivity (Wildman–Crippen MR) is 98.7 cm³/mol. The molecule has 4 nitrogen and oxygen atoms in total. The van der Waals surface area contributed by atoms with Crippen LogP contribution < -0.4 is 5.32 Å². The lowest BCUT2D eigenvalue weighted by Gasteiger charge is -2.33. The average Bonchev–Trinajstić information content (AvgIpc) is 2.95. The molecule has 1 aliphatic rings. The highest BCUT2D eigenvalue weighted by molar-refractivity contribution is 5.17. The van der Waals surface area contributed by atoms with Gasteiger partial charge in [-0.15, -0.1) is 6.58 Å². The second-order valence-corrected chi connectivity index (χ2v) is 6.80. The summed E-state index contributed by atoms with van der Waals surface area (Å²) in [6.45, 7) is 10.0. The number of piperidine rings is 1. The Morgan fingerprint density at radius 3 is 3.00 bits per heavy atom. The van der Waals surface area contributed by atoms with Gasteiger partial charge in [0.2, 0.25) is 0 Å². The summed E-state index contributed by atoms with van der Waals surface area (Å²) in [5.41, 5.74) is 3.08. The van der Waals surface area contributed by atoms with Crippen molar-refractivity contribution < 1.29 is 4.39 Å². The van der Waals surface area contributed by atoms with Gasteiger partial charge in [-0.1, -0.05) is 24.3 Å². The smallest absolute Gasteiger partial charge is 0.127 e. The molecule has 1 atom stereocenters. The molecule has 5 heteroatoms. The molecule has 1 aromatic heterocycles. The maximum absolute atomic E-state index is 13.9. The van der Waals surface area contributed by atoms with Crippen molar-refractivity contribution >= 4 is 0 Å². The van der Waals surface area contributed by atoms with Gasteiger partial charge in [-0.3, -0.25) is 9.58 Å². The first-order valence-electron chi connectivity index (χ1n) is 8.98. The number of likely N-dealkylation sites (tertiary alicyclic amines) is 1. The summed E-state index contributed by atoms with van der Waals surface area (Å²) in [6, 6.07) is 7.50. The molecule has 3 rings (SSSR count). The number of benzene rings is 1. The van der Waals surface area contributed by atoms with E-state index >= 15 is 0 Å². The van der Waals surface area contributed by atoms with Gasteiger partial charge in [-0.25, -0.2) is 4.39 Å². The van der Waals surface area contributed by atoms with Gasteiger partial charge in [0.1, 0.15) is 5.82 Å². The fourth-order valence-corrected chi connectivity index (χ4v) is 3.45. The summed E-state index contributed by atoms with van der Waals surface area (Å²) >= 11 is 0. The van der Waals surface area contributed by atoms with Gasteiger partial charge in [-0.05, 0) is 32.4 Å². The third-order valence-corrected chi connectivity index (χ3v) is 4.80. The van der Waals surface area contributed by atoms with Gasteiger partial charge < -0.3 is 5.32 Å². The zero-order chi connectivity index (χ0) is 17.6. The van der Waals surface area contributed by atoms with E-state index in [1.165, 1.54) is 5.56 Å². The number of rotatable bonds is 7. The minimum atomic E-state index is -0.108. The SMILES string of the molecule is C=CCn1cc(CN[C@@H]2CCCN(Cc3ccccc3F)C2)c(C)n1. The van der Waals surface area contributed by atoms with E-state index in [1.54, 1.807) is 12.1 Å². The highest BCUT2D eigenvalue weighted by Crippen LogP contribution is 2.16. The maximum atomic E-state index is 13.9. The van der Waals surface area contributed by atoms with Crippen molar-refractivity contribution in [2.75, 3.05) is 13.1 Å². The van der Waals surface area contributed by atoms with E-state index in [4.69, 9.17) is 0 Å². The first-order chi connectivity index (χ1) is 12.2. The predicted octanol–water partition coefficient (Wildman–Crippen LogP) is 3.27. The number of halogens is 1. The molecule has 2 heterocycles. The van der Waals surface area contributed by atoms with Crippen LogP contribution in [0.2, 0.25) is 0 Å². The lowest BCUT2D eigenvalue weighted by Crippen LogP contribution is -2.45. The normalized spacial score (nSPS) is 18.4. The van der Waals surface area contributed by atoms with Crippen LogP contribution in [0.15, 0.2) is 43.1 Å². The Kier molecular flexibility index (Phi) is 6.00. The van der Waals surface area contributed by atoms with Crippen LogP contribution in [0.3, 0.4) is 0 Å². The van der Waals surface area contributed by atoms with Crippen LogP contribution in [-0.4, -0.2) is 33.8 Å². The Hall–Kier alpha value is -1.98. The summed E-state index contributed by atoms with van der Waals surface area (Å²) in [6.07, 6.45) is 6.24. The average molecular weight is 342 g/mol. The van der Waals surface area contributed by atoms with Gasteiger partial charge in [0, 0.05) is 43.0 Å². The van der Waals surface area contributed by atoms with Gasteiger partial charge >= 0.3 is 0 Å². The van der Waals surface area contributed by atoms with E-state index in [1.807, 2.05) is 29.8 Å². The van der Waals surface area contributed by atoms with E-state index in [9.17, 15) is 4.39 Å². The molecule has 0 aliphatic carbocycles. The third-order valence-electron chi connectivity index (χ3n) is 4.80. The second-order valence-electron chi connectivity index (χ2n) is 6.80. The molecular weight excluding hydrogens is 315 g/mol.